The lowest BCUT2D eigenvalue weighted by Gasteiger charge is -2.29. The number of rotatable bonds is 4. The molecule has 1 fully saturated rings. The van der Waals surface area contributed by atoms with Gasteiger partial charge < -0.3 is 10.2 Å². The van der Waals surface area contributed by atoms with Gasteiger partial charge in [-0.1, -0.05) is 37.3 Å². The molecule has 1 aromatic carbocycles. The van der Waals surface area contributed by atoms with E-state index in [2.05, 4.69) is 5.32 Å². The van der Waals surface area contributed by atoms with Crippen molar-refractivity contribution in [3.63, 3.8) is 0 Å². The largest absolute Gasteiger partial charge is 0.331 e. The number of hydrogen-bond acceptors (Lipinski definition) is 2. The Labute approximate surface area is 141 Å². The molecule has 23 heavy (non-hydrogen) atoms. The van der Waals surface area contributed by atoms with Crippen LogP contribution in [-0.4, -0.2) is 29.3 Å². The van der Waals surface area contributed by atoms with Gasteiger partial charge in [0.1, 0.15) is 12.4 Å². The molecule has 0 aromatic heterocycles. The smallest absolute Gasteiger partial charge is 0.244 e. The third-order valence-corrected chi connectivity index (χ3v) is 4.48. The van der Waals surface area contributed by atoms with E-state index < -0.39 is 5.82 Å². The summed E-state index contributed by atoms with van der Waals surface area (Å²) in [7, 11) is 0. The molecule has 0 unspecified atom stereocenters. The number of benzene rings is 1. The van der Waals surface area contributed by atoms with Gasteiger partial charge in [0.05, 0.1) is 5.02 Å². The van der Waals surface area contributed by atoms with Gasteiger partial charge in [0.2, 0.25) is 11.8 Å². The van der Waals surface area contributed by atoms with Crippen LogP contribution in [0.5, 0.6) is 0 Å². The zero-order chi connectivity index (χ0) is 16.8. The quantitative estimate of drug-likeness (QED) is 0.842. The Morgan fingerprint density at radius 2 is 1.91 bits per heavy atom. The predicted molar refractivity (Wildman–Crippen MR) is 88.9 cm³/mol. The highest BCUT2D eigenvalue weighted by atomic mass is 35.5. The number of halogens is 2. The van der Waals surface area contributed by atoms with Gasteiger partial charge >= 0.3 is 0 Å². The van der Waals surface area contributed by atoms with E-state index in [0.717, 1.165) is 25.7 Å². The standard InChI is InChI=1S/C17H22ClFN2O2/c1-12(22)21(14-6-4-2-3-5-7-14)11-17(23)20-13-8-9-16(19)15(18)10-13/h8-10,14H,2-7,11H2,1H3,(H,20,23). The van der Waals surface area contributed by atoms with E-state index in [1.165, 1.54) is 38.0 Å². The maximum Gasteiger partial charge on any atom is 0.244 e. The fraction of sp³-hybridized carbons (Fsp3) is 0.529. The molecule has 2 rings (SSSR count). The van der Waals surface area contributed by atoms with E-state index in [-0.39, 0.29) is 29.4 Å². The van der Waals surface area contributed by atoms with Crippen molar-refractivity contribution >= 4 is 29.1 Å². The van der Waals surface area contributed by atoms with Crippen molar-refractivity contribution in [2.24, 2.45) is 0 Å². The molecule has 126 valence electrons. The second-order valence-electron chi connectivity index (χ2n) is 5.97. The van der Waals surface area contributed by atoms with Crippen molar-refractivity contribution in [2.75, 3.05) is 11.9 Å². The molecule has 1 aliphatic carbocycles. The summed E-state index contributed by atoms with van der Waals surface area (Å²) >= 11 is 5.70. The Bertz CT molecular complexity index is 572. The van der Waals surface area contributed by atoms with Crippen LogP contribution in [0.25, 0.3) is 0 Å². The van der Waals surface area contributed by atoms with Crippen LogP contribution >= 0.6 is 11.6 Å². The Kier molecular flexibility index (Phi) is 6.39. The molecule has 0 spiro atoms. The zero-order valence-electron chi connectivity index (χ0n) is 13.3. The van der Waals surface area contributed by atoms with Crippen molar-refractivity contribution in [3.8, 4) is 0 Å². The zero-order valence-corrected chi connectivity index (χ0v) is 14.0. The molecule has 0 aliphatic heterocycles. The summed E-state index contributed by atoms with van der Waals surface area (Å²) in [5, 5.41) is 2.62. The van der Waals surface area contributed by atoms with Gasteiger partial charge in [-0.3, -0.25) is 9.59 Å². The Balaban J connectivity index is 1.99. The first kappa shape index (κ1) is 17.7. The molecule has 0 atom stereocenters. The first-order chi connectivity index (χ1) is 11.0. The minimum Gasteiger partial charge on any atom is -0.331 e. The number of hydrogen-bond donors (Lipinski definition) is 1. The summed E-state index contributed by atoms with van der Waals surface area (Å²) in [6.07, 6.45) is 6.42. The topological polar surface area (TPSA) is 49.4 Å². The summed E-state index contributed by atoms with van der Waals surface area (Å²) in [5.74, 6) is -0.926. The summed E-state index contributed by atoms with van der Waals surface area (Å²) in [6, 6.07) is 4.13. The molecule has 0 radical (unpaired) electrons. The summed E-state index contributed by atoms with van der Waals surface area (Å²) in [4.78, 5) is 25.8. The minimum atomic E-state index is -0.534. The molecule has 6 heteroatoms. The van der Waals surface area contributed by atoms with Gasteiger partial charge in [-0.15, -0.1) is 0 Å². The molecule has 1 saturated carbocycles. The third kappa shape index (κ3) is 5.20. The van der Waals surface area contributed by atoms with Crippen LogP contribution in [0.3, 0.4) is 0 Å². The van der Waals surface area contributed by atoms with Gasteiger partial charge in [0.15, 0.2) is 0 Å². The normalized spacial score (nSPS) is 15.8. The third-order valence-electron chi connectivity index (χ3n) is 4.19. The Morgan fingerprint density at radius 1 is 1.26 bits per heavy atom. The maximum atomic E-state index is 13.1. The first-order valence-electron chi connectivity index (χ1n) is 7.99. The molecule has 0 heterocycles. The number of anilines is 1. The number of carbonyl (C=O) groups excluding carboxylic acids is 2. The van der Waals surface area contributed by atoms with Gasteiger partial charge in [-0.25, -0.2) is 4.39 Å². The van der Waals surface area contributed by atoms with Gasteiger partial charge in [-0.05, 0) is 31.0 Å². The molecule has 4 nitrogen and oxygen atoms in total. The fourth-order valence-electron chi connectivity index (χ4n) is 3.00. The van der Waals surface area contributed by atoms with E-state index in [9.17, 15) is 14.0 Å². The van der Waals surface area contributed by atoms with Crippen molar-refractivity contribution < 1.29 is 14.0 Å². The first-order valence-corrected chi connectivity index (χ1v) is 8.37. The highest BCUT2D eigenvalue weighted by molar-refractivity contribution is 6.31. The molecule has 2 amide bonds. The van der Waals surface area contributed by atoms with Crippen LogP contribution in [0.4, 0.5) is 10.1 Å². The van der Waals surface area contributed by atoms with Crippen molar-refractivity contribution in [3.05, 3.63) is 29.0 Å². The lowest BCUT2D eigenvalue weighted by molar-refractivity contribution is -0.135. The molecular formula is C17H22ClFN2O2. The number of amides is 2. The van der Waals surface area contributed by atoms with Crippen LogP contribution < -0.4 is 5.32 Å². The monoisotopic (exact) mass is 340 g/mol. The molecule has 1 aromatic rings. The molecular weight excluding hydrogens is 319 g/mol. The molecule has 1 aliphatic rings. The van der Waals surface area contributed by atoms with Crippen LogP contribution in [0.15, 0.2) is 18.2 Å². The highest BCUT2D eigenvalue weighted by Crippen LogP contribution is 2.23. The second kappa shape index (κ2) is 8.29. The number of carbonyl (C=O) groups is 2. The van der Waals surface area contributed by atoms with Crippen LogP contribution in [0.1, 0.15) is 45.4 Å². The number of nitrogens with one attached hydrogen (secondary N) is 1. The van der Waals surface area contributed by atoms with Crippen LogP contribution in [-0.2, 0) is 9.59 Å². The van der Waals surface area contributed by atoms with Crippen molar-refractivity contribution in [2.45, 2.75) is 51.5 Å². The van der Waals surface area contributed by atoms with E-state index in [4.69, 9.17) is 11.6 Å². The van der Waals surface area contributed by atoms with E-state index in [1.807, 2.05) is 0 Å². The van der Waals surface area contributed by atoms with Crippen LogP contribution in [0.2, 0.25) is 5.02 Å². The predicted octanol–water partition coefficient (Wildman–Crippen LogP) is 3.99. The summed E-state index contributed by atoms with van der Waals surface area (Å²) < 4.78 is 13.1. The van der Waals surface area contributed by atoms with Gasteiger partial charge in [0.25, 0.3) is 0 Å². The SMILES string of the molecule is CC(=O)N(CC(=O)Nc1ccc(F)c(Cl)c1)C1CCCCCC1. The molecule has 0 saturated heterocycles. The van der Waals surface area contributed by atoms with Gasteiger partial charge in [-0.2, -0.15) is 0 Å². The van der Waals surface area contributed by atoms with Gasteiger partial charge in [0, 0.05) is 18.7 Å². The maximum absolute atomic E-state index is 13.1. The van der Waals surface area contributed by atoms with Crippen molar-refractivity contribution in [1.82, 2.24) is 4.90 Å². The Morgan fingerprint density at radius 3 is 2.48 bits per heavy atom. The average molecular weight is 341 g/mol. The molecule has 0 bridgehead atoms. The average Bonchev–Trinajstić information content (AvgIpc) is 2.77. The molecule has 1 N–H and O–H groups in total. The number of nitrogens with zero attached hydrogens (tertiary/aromatic N) is 1. The Hall–Kier alpha value is -1.62. The van der Waals surface area contributed by atoms with E-state index in [1.54, 1.807) is 4.90 Å². The summed E-state index contributed by atoms with van der Waals surface area (Å²) in [6.45, 7) is 1.50. The second-order valence-corrected chi connectivity index (χ2v) is 6.38. The highest BCUT2D eigenvalue weighted by Gasteiger charge is 2.24. The fourth-order valence-corrected chi connectivity index (χ4v) is 3.18. The minimum absolute atomic E-state index is 0.00892. The lowest BCUT2D eigenvalue weighted by Crippen LogP contribution is -2.43. The summed E-state index contributed by atoms with van der Waals surface area (Å²) in [5.41, 5.74) is 0.422. The van der Waals surface area contributed by atoms with E-state index >= 15 is 0 Å². The van der Waals surface area contributed by atoms with Crippen LogP contribution in [0, 0.1) is 5.82 Å². The van der Waals surface area contributed by atoms with E-state index in [0.29, 0.717) is 5.69 Å². The van der Waals surface area contributed by atoms with Crippen molar-refractivity contribution in [1.29, 1.82) is 0 Å². The lowest BCUT2D eigenvalue weighted by atomic mass is 10.1.